The van der Waals surface area contributed by atoms with Gasteiger partial charge in [0, 0.05) is 31.7 Å². The van der Waals surface area contributed by atoms with E-state index in [1.165, 1.54) is 12.4 Å². The third-order valence-corrected chi connectivity index (χ3v) is 4.42. The van der Waals surface area contributed by atoms with Crippen molar-refractivity contribution in [1.82, 2.24) is 9.88 Å². The largest absolute Gasteiger partial charge is 0.342 e. The molecule has 0 fully saturated rings. The number of para-hydroxylation sites is 1. The van der Waals surface area contributed by atoms with Crippen LogP contribution in [0.15, 0.2) is 42.7 Å². The van der Waals surface area contributed by atoms with Gasteiger partial charge in [-0.05, 0) is 29.5 Å². The van der Waals surface area contributed by atoms with Crippen LogP contribution >= 0.6 is 0 Å². The fourth-order valence-corrected chi connectivity index (χ4v) is 2.84. The zero-order valence-electron chi connectivity index (χ0n) is 16.9. The number of nitrogens with zero attached hydrogens (tertiary/aromatic N) is 2. The molecule has 0 radical (unpaired) electrons. The number of rotatable bonds is 6. The number of hydrogen-bond acceptors (Lipinski definition) is 3. The van der Waals surface area contributed by atoms with Crippen LogP contribution in [0.2, 0.25) is 0 Å². The van der Waals surface area contributed by atoms with Gasteiger partial charge in [-0.25, -0.2) is 0 Å². The first-order valence-corrected chi connectivity index (χ1v) is 9.35. The number of carbonyl (C=O) groups is 2. The second-order valence-corrected chi connectivity index (χ2v) is 7.79. The van der Waals surface area contributed by atoms with Crippen LogP contribution < -0.4 is 5.32 Å². The molecule has 0 saturated carbocycles. The zero-order chi connectivity index (χ0) is 20.0. The molecule has 27 heavy (non-hydrogen) atoms. The minimum atomic E-state index is -0.273. The SMILES string of the molecule is CCCCN(C)C(=O)c1cncc(C(=O)Nc2ccccc2C(C)(C)C)c1. The molecule has 2 rings (SSSR count). The summed E-state index contributed by atoms with van der Waals surface area (Å²) >= 11 is 0. The average molecular weight is 367 g/mol. The molecule has 0 aliphatic carbocycles. The fourth-order valence-electron chi connectivity index (χ4n) is 2.84. The molecule has 0 unspecified atom stereocenters. The van der Waals surface area contributed by atoms with Crippen molar-refractivity contribution in [2.45, 2.75) is 46.0 Å². The van der Waals surface area contributed by atoms with Gasteiger partial charge in [0.1, 0.15) is 0 Å². The van der Waals surface area contributed by atoms with Crippen molar-refractivity contribution in [3.63, 3.8) is 0 Å². The first-order valence-electron chi connectivity index (χ1n) is 9.35. The van der Waals surface area contributed by atoms with Gasteiger partial charge in [-0.15, -0.1) is 0 Å². The molecule has 1 N–H and O–H groups in total. The topological polar surface area (TPSA) is 62.3 Å². The van der Waals surface area contributed by atoms with Gasteiger partial charge in [-0.1, -0.05) is 52.3 Å². The summed E-state index contributed by atoms with van der Waals surface area (Å²) in [5.41, 5.74) is 2.52. The van der Waals surface area contributed by atoms with Crippen LogP contribution in [-0.4, -0.2) is 35.3 Å². The highest BCUT2D eigenvalue weighted by atomic mass is 16.2. The van der Waals surface area contributed by atoms with Crippen LogP contribution in [0.25, 0.3) is 0 Å². The molecule has 2 aromatic rings. The number of amides is 2. The number of hydrogen-bond donors (Lipinski definition) is 1. The van der Waals surface area contributed by atoms with Crippen molar-refractivity contribution >= 4 is 17.5 Å². The standard InChI is InChI=1S/C22H29N3O2/c1-6-7-12-25(5)21(27)17-13-16(14-23-15-17)20(26)24-19-11-9-8-10-18(19)22(2,3)4/h8-11,13-15H,6-7,12H2,1-5H3,(H,24,26). The predicted octanol–water partition coefficient (Wildman–Crippen LogP) is 4.50. The summed E-state index contributed by atoms with van der Waals surface area (Å²) in [5, 5.41) is 2.96. The smallest absolute Gasteiger partial charge is 0.257 e. The highest BCUT2D eigenvalue weighted by Crippen LogP contribution is 2.29. The summed E-state index contributed by atoms with van der Waals surface area (Å²) in [6.07, 6.45) is 4.95. The molecule has 0 bridgehead atoms. The van der Waals surface area contributed by atoms with Crippen LogP contribution in [0, 0.1) is 0 Å². The number of aromatic nitrogens is 1. The number of unbranched alkanes of at least 4 members (excludes halogenated alkanes) is 1. The summed E-state index contributed by atoms with van der Waals surface area (Å²) in [6, 6.07) is 9.36. The second kappa shape index (κ2) is 8.80. The van der Waals surface area contributed by atoms with Crippen LogP contribution in [0.4, 0.5) is 5.69 Å². The minimum absolute atomic E-state index is 0.0953. The van der Waals surface area contributed by atoms with E-state index in [0.29, 0.717) is 17.7 Å². The van der Waals surface area contributed by atoms with Gasteiger partial charge in [0.15, 0.2) is 0 Å². The Morgan fingerprint density at radius 2 is 1.78 bits per heavy atom. The Morgan fingerprint density at radius 1 is 1.11 bits per heavy atom. The quantitative estimate of drug-likeness (QED) is 0.817. The first-order chi connectivity index (χ1) is 12.7. The highest BCUT2D eigenvalue weighted by Gasteiger charge is 2.20. The number of nitrogens with one attached hydrogen (secondary N) is 1. The molecule has 1 aromatic carbocycles. The van der Waals surface area contributed by atoms with E-state index in [-0.39, 0.29) is 17.2 Å². The monoisotopic (exact) mass is 367 g/mol. The van der Waals surface area contributed by atoms with E-state index in [1.54, 1.807) is 18.0 Å². The molecule has 144 valence electrons. The molecule has 0 aliphatic heterocycles. The lowest BCUT2D eigenvalue weighted by atomic mass is 9.86. The molecule has 0 spiro atoms. The molecular weight excluding hydrogens is 338 g/mol. The summed E-state index contributed by atoms with van der Waals surface area (Å²) in [6.45, 7) is 9.08. The first kappa shape index (κ1) is 20.6. The van der Waals surface area contributed by atoms with E-state index in [1.807, 2.05) is 24.3 Å². The zero-order valence-corrected chi connectivity index (χ0v) is 16.9. The maximum atomic E-state index is 12.7. The maximum Gasteiger partial charge on any atom is 0.257 e. The third kappa shape index (κ3) is 5.39. The molecule has 1 heterocycles. The Morgan fingerprint density at radius 3 is 2.44 bits per heavy atom. The Hall–Kier alpha value is -2.69. The molecule has 2 amide bonds. The fraction of sp³-hybridized carbons (Fsp3) is 0.409. The minimum Gasteiger partial charge on any atom is -0.342 e. The van der Waals surface area contributed by atoms with E-state index in [9.17, 15) is 9.59 Å². The Balaban J connectivity index is 2.20. The lowest BCUT2D eigenvalue weighted by Crippen LogP contribution is -2.28. The van der Waals surface area contributed by atoms with Crippen LogP contribution in [-0.2, 0) is 5.41 Å². The maximum absolute atomic E-state index is 12.7. The van der Waals surface area contributed by atoms with Crippen molar-refractivity contribution < 1.29 is 9.59 Å². The van der Waals surface area contributed by atoms with E-state index in [0.717, 1.165) is 24.1 Å². The van der Waals surface area contributed by atoms with Gasteiger partial charge >= 0.3 is 0 Å². The van der Waals surface area contributed by atoms with Crippen LogP contribution in [0.3, 0.4) is 0 Å². The van der Waals surface area contributed by atoms with Gasteiger partial charge < -0.3 is 10.2 Å². The van der Waals surface area contributed by atoms with Crippen LogP contribution in [0.5, 0.6) is 0 Å². The van der Waals surface area contributed by atoms with Crippen LogP contribution in [0.1, 0.15) is 66.8 Å². The normalized spacial score (nSPS) is 11.1. The Bertz CT molecular complexity index is 809. The molecule has 5 heteroatoms. The van der Waals surface area contributed by atoms with E-state index >= 15 is 0 Å². The molecule has 0 saturated heterocycles. The van der Waals surface area contributed by atoms with E-state index in [4.69, 9.17) is 0 Å². The number of benzene rings is 1. The summed E-state index contributed by atoms with van der Waals surface area (Å²) in [7, 11) is 1.77. The van der Waals surface area contributed by atoms with E-state index in [2.05, 4.69) is 38.0 Å². The summed E-state index contributed by atoms with van der Waals surface area (Å²) in [5.74, 6) is -0.397. The van der Waals surface area contributed by atoms with Gasteiger partial charge in [0.05, 0.1) is 11.1 Å². The predicted molar refractivity (Wildman–Crippen MR) is 109 cm³/mol. The molecule has 0 atom stereocenters. The van der Waals surface area contributed by atoms with Crippen molar-refractivity contribution in [1.29, 1.82) is 0 Å². The van der Waals surface area contributed by atoms with Gasteiger partial charge in [0.25, 0.3) is 11.8 Å². The number of pyridine rings is 1. The van der Waals surface area contributed by atoms with Gasteiger partial charge in [-0.2, -0.15) is 0 Å². The number of anilines is 1. The molecule has 0 aliphatic rings. The van der Waals surface area contributed by atoms with E-state index < -0.39 is 0 Å². The summed E-state index contributed by atoms with van der Waals surface area (Å²) in [4.78, 5) is 31.0. The lowest BCUT2D eigenvalue weighted by molar-refractivity contribution is 0.0793. The van der Waals surface area contributed by atoms with Crippen molar-refractivity contribution in [2.24, 2.45) is 0 Å². The Kier molecular flexibility index (Phi) is 6.72. The van der Waals surface area contributed by atoms with Gasteiger partial charge in [0.2, 0.25) is 0 Å². The van der Waals surface area contributed by atoms with Gasteiger partial charge in [-0.3, -0.25) is 14.6 Å². The molecule has 5 nitrogen and oxygen atoms in total. The number of carbonyl (C=O) groups excluding carboxylic acids is 2. The second-order valence-electron chi connectivity index (χ2n) is 7.79. The molecule has 1 aromatic heterocycles. The third-order valence-electron chi connectivity index (χ3n) is 4.42. The Labute approximate surface area is 161 Å². The average Bonchev–Trinajstić information content (AvgIpc) is 2.65. The molecular formula is C22H29N3O2. The van der Waals surface area contributed by atoms with Crippen molar-refractivity contribution in [3.05, 3.63) is 59.4 Å². The van der Waals surface area contributed by atoms with Crippen molar-refractivity contribution in [3.8, 4) is 0 Å². The van der Waals surface area contributed by atoms with Crippen molar-refractivity contribution in [2.75, 3.05) is 18.9 Å². The highest BCUT2D eigenvalue weighted by molar-refractivity contribution is 6.06. The lowest BCUT2D eigenvalue weighted by Gasteiger charge is -2.23. The summed E-state index contributed by atoms with van der Waals surface area (Å²) < 4.78 is 0.